The van der Waals surface area contributed by atoms with Crippen molar-refractivity contribution >= 4 is 17.6 Å². The first kappa shape index (κ1) is 23.7. The molecular weight excluding hydrogens is 444 g/mol. The van der Waals surface area contributed by atoms with Crippen molar-refractivity contribution < 1.29 is 14.7 Å². The number of aromatic nitrogens is 2. The largest absolute Gasteiger partial charge is 0.390 e. The molecule has 2 fully saturated rings. The van der Waals surface area contributed by atoms with Crippen molar-refractivity contribution in [2.24, 2.45) is 5.92 Å². The van der Waals surface area contributed by atoms with Crippen LogP contribution in [0.25, 0.3) is 0 Å². The van der Waals surface area contributed by atoms with Gasteiger partial charge >= 0.3 is 0 Å². The molecule has 1 saturated carbocycles. The third-order valence-corrected chi connectivity index (χ3v) is 7.16. The molecule has 3 aliphatic rings. The molecule has 0 radical (unpaired) electrons. The highest BCUT2D eigenvalue weighted by atomic mass is 16.3. The summed E-state index contributed by atoms with van der Waals surface area (Å²) in [5.41, 5.74) is 2.94. The zero-order valence-corrected chi connectivity index (χ0v) is 20.0. The van der Waals surface area contributed by atoms with E-state index in [4.69, 9.17) is 0 Å². The lowest BCUT2D eigenvalue weighted by molar-refractivity contribution is -0.133. The SMILES string of the molecule is O=C(NC[C@H](O)CN1CCc2ccccc2C1)c1cc(NC2CCN(C(=O)C3CC3)CC2)ncn1. The van der Waals surface area contributed by atoms with Crippen LogP contribution in [-0.4, -0.2) is 81.6 Å². The van der Waals surface area contributed by atoms with Crippen LogP contribution in [0.2, 0.25) is 0 Å². The number of carbonyl (C=O) groups excluding carboxylic acids is 2. The average molecular weight is 479 g/mol. The molecule has 2 aromatic rings. The number of nitrogens with zero attached hydrogens (tertiary/aromatic N) is 4. The normalized spacial score (nSPS) is 19.6. The second-order valence-corrected chi connectivity index (χ2v) is 9.92. The fourth-order valence-corrected chi connectivity index (χ4v) is 4.98. The highest BCUT2D eigenvalue weighted by molar-refractivity contribution is 5.92. The summed E-state index contributed by atoms with van der Waals surface area (Å²) in [6.45, 7) is 3.90. The number of piperidine rings is 1. The molecule has 1 saturated heterocycles. The molecule has 0 bridgehead atoms. The Balaban J connectivity index is 1.06. The van der Waals surface area contributed by atoms with Gasteiger partial charge in [-0.15, -0.1) is 0 Å². The molecule has 3 heterocycles. The minimum atomic E-state index is -0.660. The lowest BCUT2D eigenvalue weighted by Gasteiger charge is -2.32. The monoisotopic (exact) mass is 478 g/mol. The fraction of sp³-hybridized carbons (Fsp3) is 0.538. The number of benzene rings is 1. The van der Waals surface area contributed by atoms with E-state index in [0.717, 1.165) is 58.3 Å². The van der Waals surface area contributed by atoms with Crippen LogP contribution in [0, 0.1) is 5.92 Å². The summed E-state index contributed by atoms with van der Waals surface area (Å²) < 4.78 is 0. The van der Waals surface area contributed by atoms with Crippen molar-refractivity contribution in [2.75, 3.05) is 38.0 Å². The van der Waals surface area contributed by atoms with Crippen LogP contribution in [0.15, 0.2) is 36.7 Å². The number of amides is 2. The van der Waals surface area contributed by atoms with Gasteiger partial charge in [0, 0.05) is 57.3 Å². The number of aliphatic hydroxyl groups excluding tert-OH is 1. The number of hydrogen-bond acceptors (Lipinski definition) is 7. The van der Waals surface area contributed by atoms with E-state index in [1.807, 2.05) is 11.0 Å². The molecule has 2 amide bonds. The van der Waals surface area contributed by atoms with Gasteiger partial charge in [-0.3, -0.25) is 14.5 Å². The average Bonchev–Trinajstić information content (AvgIpc) is 3.73. The standard InChI is InChI=1S/C26H34N6O3/c33-22(16-31-10-7-18-3-1-2-4-20(18)15-31)14-27-25(34)23-13-24(29-17-28-23)30-21-8-11-32(12-9-21)26(35)19-5-6-19/h1-4,13,17,19,21-22,33H,5-12,14-16H2,(H,27,34)(H,28,29,30)/t22-/m0/s1. The molecule has 5 rings (SSSR count). The number of β-amino-alcohol motifs (C(OH)–C–C–N with tert-alkyl or cyclic N) is 1. The summed E-state index contributed by atoms with van der Waals surface area (Å²) in [5.74, 6) is 0.835. The van der Waals surface area contributed by atoms with Gasteiger partial charge in [0.05, 0.1) is 6.10 Å². The second-order valence-electron chi connectivity index (χ2n) is 9.92. The molecule has 2 aliphatic heterocycles. The molecular formula is C26H34N6O3. The van der Waals surface area contributed by atoms with Gasteiger partial charge in [-0.25, -0.2) is 9.97 Å². The van der Waals surface area contributed by atoms with Crippen LogP contribution in [0.3, 0.4) is 0 Å². The van der Waals surface area contributed by atoms with Gasteiger partial charge in [0.25, 0.3) is 5.91 Å². The first-order chi connectivity index (χ1) is 17.0. The van der Waals surface area contributed by atoms with Crippen molar-refractivity contribution in [1.29, 1.82) is 0 Å². The summed E-state index contributed by atoms with van der Waals surface area (Å²) in [5, 5.41) is 16.7. The van der Waals surface area contributed by atoms with Crippen LogP contribution >= 0.6 is 0 Å². The Kier molecular flexibility index (Phi) is 7.24. The van der Waals surface area contributed by atoms with Gasteiger partial charge in [0.1, 0.15) is 17.8 Å². The highest BCUT2D eigenvalue weighted by Crippen LogP contribution is 2.32. The minimum absolute atomic E-state index is 0.164. The van der Waals surface area contributed by atoms with Crippen molar-refractivity contribution in [2.45, 2.75) is 50.8 Å². The molecule has 1 atom stereocenters. The topological polar surface area (TPSA) is 111 Å². The van der Waals surface area contributed by atoms with Crippen LogP contribution in [0.4, 0.5) is 5.82 Å². The predicted molar refractivity (Wildman–Crippen MR) is 132 cm³/mol. The Morgan fingerprint density at radius 1 is 1.06 bits per heavy atom. The van der Waals surface area contributed by atoms with Crippen LogP contribution in [0.1, 0.15) is 47.3 Å². The van der Waals surface area contributed by atoms with E-state index in [1.54, 1.807) is 6.07 Å². The number of nitrogens with one attached hydrogen (secondary N) is 2. The smallest absolute Gasteiger partial charge is 0.270 e. The van der Waals surface area contributed by atoms with Crippen molar-refractivity contribution in [3.8, 4) is 0 Å². The number of carbonyl (C=O) groups is 2. The molecule has 1 aromatic heterocycles. The molecule has 1 aliphatic carbocycles. The lowest BCUT2D eigenvalue weighted by atomic mass is 10.00. The van der Waals surface area contributed by atoms with Gasteiger partial charge in [-0.1, -0.05) is 24.3 Å². The maximum atomic E-state index is 12.6. The number of rotatable bonds is 8. The van der Waals surface area contributed by atoms with E-state index < -0.39 is 6.10 Å². The Morgan fingerprint density at radius 2 is 1.83 bits per heavy atom. The molecule has 9 heteroatoms. The summed E-state index contributed by atoms with van der Waals surface area (Å²) in [4.78, 5) is 37.4. The zero-order valence-electron chi connectivity index (χ0n) is 20.0. The summed E-state index contributed by atoms with van der Waals surface area (Å²) in [6, 6.07) is 10.3. The summed E-state index contributed by atoms with van der Waals surface area (Å²) in [7, 11) is 0. The zero-order chi connectivity index (χ0) is 24.2. The first-order valence-electron chi connectivity index (χ1n) is 12.7. The highest BCUT2D eigenvalue weighted by Gasteiger charge is 2.35. The van der Waals surface area contributed by atoms with Gasteiger partial charge in [-0.2, -0.15) is 0 Å². The Hall–Kier alpha value is -3.04. The summed E-state index contributed by atoms with van der Waals surface area (Å²) in [6.07, 6.45) is 5.48. The van der Waals surface area contributed by atoms with E-state index in [-0.39, 0.29) is 30.1 Å². The molecule has 0 unspecified atom stereocenters. The molecule has 1 aromatic carbocycles. The van der Waals surface area contributed by atoms with Crippen LogP contribution < -0.4 is 10.6 Å². The number of hydrogen-bond donors (Lipinski definition) is 3. The number of anilines is 1. The minimum Gasteiger partial charge on any atom is -0.390 e. The maximum absolute atomic E-state index is 12.6. The third-order valence-electron chi connectivity index (χ3n) is 7.16. The number of aliphatic hydroxyl groups is 1. The Bertz CT molecular complexity index is 1050. The van der Waals surface area contributed by atoms with E-state index in [1.165, 1.54) is 17.5 Å². The maximum Gasteiger partial charge on any atom is 0.270 e. The molecule has 186 valence electrons. The van der Waals surface area contributed by atoms with Gasteiger partial charge in [0.2, 0.25) is 5.91 Å². The molecule has 9 nitrogen and oxygen atoms in total. The quantitative estimate of drug-likeness (QED) is 0.527. The molecule has 3 N–H and O–H groups in total. The third kappa shape index (κ3) is 6.15. The Morgan fingerprint density at radius 3 is 2.60 bits per heavy atom. The number of fused-ring (bicyclic) bond motifs is 1. The van der Waals surface area contributed by atoms with Crippen molar-refractivity contribution in [1.82, 2.24) is 25.1 Å². The second kappa shape index (κ2) is 10.7. The van der Waals surface area contributed by atoms with Crippen molar-refractivity contribution in [3.05, 3.63) is 53.5 Å². The van der Waals surface area contributed by atoms with Gasteiger partial charge in [0.15, 0.2) is 0 Å². The van der Waals surface area contributed by atoms with Crippen LogP contribution in [-0.2, 0) is 17.8 Å². The van der Waals surface area contributed by atoms with E-state index >= 15 is 0 Å². The van der Waals surface area contributed by atoms with E-state index in [0.29, 0.717) is 18.3 Å². The summed E-state index contributed by atoms with van der Waals surface area (Å²) >= 11 is 0. The van der Waals surface area contributed by atoms with Crippen molar-refractivity contribution in [3.63, 3.8) is 0 Å². The first-order valence-corrected chi connectivity index (χ1v) is 12.7. The Labute approximate surface area is 205 Å². The lowest BCUT2D eigenvalue weighted by Crippen LogP contribution is -2.43. The fourth-order valence-electron chi connectivity index (χ4n) is 4.98. The van der Waals surface area contributed by atoms with E-state index in [9.17, 15) is 14.7 Å². The van der Waals surface area contributed by atoms with E-state index in [2.05, 4.69) is 43.7 Å². The number of likely N-dealkylation sites (tertiary alicyclic amines) is 1. The molecule has 0 spiro atoms. The predicted octanol–water partition coefficient (Wildman–Crippen LogP) is 1.44. The van der Waals surface area contributed by atoms with Crippen LogP contribution in [0.5, 0.6) is 0 Å². The molecule has 35 heavy (non-hydrogen) atoms. The van der Waals surface area contributed by atoms with Gasteiger partial charge < -0.3 is 20.6 Å². The van der Waals surface area contributed by atoms with Gasteiger partial charge in [-0.05, 0) is 43.2 Å².